The third kappa shape index (κ3) is 4.85. The number of aryl methyl sites for hydroxylation is 2. The Kier molecular flexibility index (Phi) is 7.07. The molecule has 6 nitrogen and oxygen atoms in total. The molecule has 0 amide bonds. The Bertz CT molecular complexity index is 708. The average molecular weight is 383 g/mol. The van der Waals surface area contributed by atoms with Crippen molar-refractivity contribution in [1.82, 2.24) is 0 Å². The molecule has 0 saturated heterocycles. The van der Waals surface area contributed by atoms with E-state index in [1.165, 1.54) is 37.3 Å². The molecule has 0 spiro atoms. The number of thioether (sulfide) groups is 1. The highest BCUT2D eigenvalue weighted by Gasteiger charge is 2.26. The fourth-order valence-corrected chi connectivity index (χ4v) is 4.45. The Balaban J connectivity index is 2.01. The fourth-order valence-electron chi connectivity index (χ4n) is 2.29. The van der Waals surface area contributed by atoms with Gasteiger partial charge in [0, 0.05) is 16.3 Å². The fraction of sp³-hybridized carbons (Fsp3) is 0.471. The molecule has 2 heterocycles. The Morgan fingerprint density at radius 2 is 2.04 bits per heavy atom. The molecule has 8 heteroatoms. The van der Waals surface area contributed by atoms with Crippen LogP contribution in [-0.4, -0.2) is 44.2 Å². The van der Waals surface area contributed by atoms with Gasteiger partial charge in [-0.25, -0.2) is 14.6 Å². The standard InChI is InChI=1S/C17H21NO5S2/c1-5-23-16(19)13-8-10(2)12(25-13)7-6-11-9-18-15(21-3)14(24-11)17(20)22-4/h8-9,11H,5-7H2,1-4H3/t11-/m0/s1. The van der Waals surface area contributed by atoms with Gasteiger partial charge in [-0.2, -0.15) is 0 Å². The molecule has 0 aliphatic carbocycles. The molecule has 1 atom stereocenters. The van der Waals surface area contributed by atoms with E-state index in [9.17, 15) is 9.59 Å². The minimum atomic E-state index is -0.444. The van der Waals surface area contributed by atoms with E-state index < -0.39 is 5.97 Å². The number of hydrogen-bond acceptors (Lipinski definition) is 8. The molecule has 0 aromatic carbocycles. The lowest BCUT2D eigenvalue weighted by molar-refractivity contribution is -0.135. The Morgan fingerprint density at radius 1 is 1.28 bits per heavy atom. The van der Waals surface area contributed by atoms with Crippen molar-refractivity contribution in [3.63, 3.8) is 0 Å². The summed E-state index contributed by atoms with van der Waals surface area (Å²) in [7, 11) is 2.81. The summed E-state index contributed by atoms with van der Waals surface area (Å²) in [6, 6.07) is 1.86. The van der Waals surface area contributed by atoms with Gasteiger partial charge in [-0.1, -0.05) is 0 Å². The van der Waals surface area contributed by atoms with Gasteiger partial charge >= 0.3 is 11.9 Å². The lowest BCUT2D eigenvalue weighted by Crippen LogP contribution is -2.17. The maximum absolute atomic E-state index is 11.8. The normalized spacial score (nSPS) is 16.7. The molecule has 0 saturated carbocycles. The summed E-state index contributed by atoms with van der Waals surface area (Å²) < 4.78 is 14.9. The molecule has 1 aromatic heterocycles. The number of methoxy groups -OCH3 is 2. The van der Waals surface area contributed by atoms with Crippen LogP contribution in [0.1, 0.15) is 33.5 Å². The van der Waals surface area contributed by atoms with Crippen LogP contribution in [0.5, 0.6) is 0 Å². The molecular formula is C17H21NO5S2. The first-order valence-electron chi connectivity index (χ1n) is 7.84. The third-order valence-corrected chi connectivity index (χ3v) is 6.05. The number of carbonyl (C=O) groups is 2. The number of thiophene rings is 1. The second-order valence-electron chi connectivity index (χ2n) is 5.24. The summed E-state index contributed by atoms with van der Waals surface area (Å²) in [5.41, 5.74) is 1.08. The Hall–Kier alpha value is -1.80. The highest BCUT2D eigenvalue weighted by molar-refractivity contribution is 8.05. The van der Waals surface area contributed by atoms with Crippen LogP contribution in [0.25, 0.3) is 0 Å². The molecule has 0 unspecified atom stereocenters. The summed E-state index contributed by atoms with van der Waals surface area (Å²) in [5, 5.41) is 0.0422. The summed E-state index contributed by atoms with van der Waals surface area (Å²) in [4.78, 5) is 30.0. The maximum Gasteiger partial charge on any atom is 0.349 e. The highest BCUT2D eigenvalue weighted by atomic mass is 32.2. The van der Waals surface area contributed by atoms with Gasteiger partial charge in [0.2, 0.25) is 5.88 Å². The predicted octanol–water partition coefficient (Wildman–Crippen LogP) is 3.34. The molecule has 25 heavy (non-hydrogen) atoms. The number of carbonyl (C=O) groups excluding carboxylic acids is 2. The first kappa shape index (κ1) is 19.5. The highest BCUT2D eigenvalue weighted by Crippen LogP contribution is 2.33. The predicted molar refractivity (Wildman–Crippen MR) is 99.3 cm³/mol. The molecule has 1 aliphatic heterocycles. The molecule has 0 radical (unpaired) electrons. The Labute approximate surface area is 155 Å². The monoisotopic (exact) mass is 383 g/mol. The third-order valence-electron chi connectivity index (χ3n) is 3.54. The number of aliphatic imine (C=N–C) groups is 1. The van der Waals surface area contributed by atoms with Crippen LogP contribution in [-0.2, 0) is 25.4 Å². The zero-order valence-corrected chi connectivity index (χ0v) is 16.3. The van der Waals surface area contributed by atoms with Crippen molar-refractivity contribution in [3.05, 3.63) is 32.2 Å². The lowest BCUT2D eigenvalue weighted by atomic mass is 10.1. The number of nitrogens with zero attached hydrogens (tertiary/aromatic N) is 1. The maximum atomic E-state index is 11.8. The minimum Gasteiger partial charge on any atom is -0.480 e. The van der Waals surface area contributed by atoms with Crippen molar-refractivity contribution < 1.29 is 23.8 Å². The molecule has 1 aliphatic rings. The number of ether oxygens (including phenoxy) is 3. The van der Waals surface area contributed by atoms with E-state index in [0.29, 0.717) is 16.4 Å². The van der Waals surface area contributed by atoms with Gasteiger partial charge in [-0.05, 0) is 38.3 Å². The summed E-state index contributed by atoms with van der Waals surface area (Å²) >= 11 is 2.84. The van der Waals surface area contributed by atoms with E-state index >= 15 is 0 Å². The molecule has 0 bridgehead atoms. The van der Waals surface area contributed by atoms with Gasteiger partial charge in [-0.3, -0.25) is 0 Å². The van der Waals surface area contributed by atoms with Gasteiger partial charge in [0.15, 0.2) is 4.91 Å². The van der Waals surface area contributed by atoms with E-state index in [4.69, 9.17) is 14.2 Å². The van der Waals surface area contributed by atoms with Gasteiger partial charge < -0.3 is 14.2 Å². The molecule has 0 fully saturated rings. The zero-order chi connectivity index (χ0) is 18.4. The van der Waals surface area contributed by atoms with Crippen LogP contribution < -0.4 is 0 Å². The van der Waals surface area contributed by atoms with Gasteiger partial charge in [-0.15, -0.1) is 23.1 Å². The zero-order valence-electron chi connectivity index (χ0n) is 14.7. The van der Waals surface area contributed by atoms with Crippen molar-refractivity contribution in [2.75, 3.05) is 20.8 Å². The van der Waals surface area contributed by atoms with Crippen LogP contribution in [0.3, 0.4) is 0 Å². The molecule has 136 valence electrons. The second-order valence-corrected chi connectivity index (χ2v) is 7.63. The first-order chi connectivity index (χ1) is 12.0. The summed E-state index contributed by atoms with van der Waals surface area (Å²) in [5.74, 6) is -0.443. The van der Waals surface area contributed by atoms with Crippen LogP contribution in [0.15, 0.2) is 21.8 Å². The SMILES string of the molecule is CCOC(=O)c1cc(C)c(CC[C@H]2C=NC(OC)=C(C(=O)OC)S2)s1. The number of esters is 2. The van der Waals surface area contributed by atoms with Crippen molar-refractivity contribution in [2.45, 2.75) is 31.9 Å². The quantitative estimate of drug-likeness (QED) is 0.672. The average Bonchev–Trinajstić information content (AvgIpc) is 3.00. The summed E-state index contributed by atoms with van der Waals surface area (Å²) in [6.07, 6.45) is 3.36. The van der Waals surface area contributed by atoms with E-state index in [0.717, 1.165) is 23.3 Å². The van der Waals surface area contributed by atoms with Crippen LogP contribution in [0, 0.1) is 6.92 Å². The van der Waals surface area contributed by atoms with Gasteiger partial charge in [0.1, 0.15) is 4.88 Å². The topological polar surface area (TPSA) is 74.2 Å². The first-order valence-corrected chi connectivity index (χ1v) is 9.53. The molecule has 2 rings (SSSR count). The molecule has 1 aromatic rings. The van der Waals surface area contributed by atoms with Crippen molar-refractivity contribution in [3.8, 4) is 0 Å². The largest absolute Gasteiger partial charge is 0.480 e. The minimum absolute atomic E-state index is 0.0422. The smallest absolute Gasteiger partial charge is 0.349 e. The number of rotatable bonds is 7. The van der Waals surface area contributed by atoms with Crippen LogP contribution in [0.4, 0.5) is 0 Å². The molecule has 0 N–H and O–H groups in total. The Morgan fingerprint density at radius 3 is 2.68 bits per heavy atom. The van der Waals surface area contributed by atoms with Crippen molar-refractivity contribution in [2.24, 2.45) is 4.99 Å². The number of hydrogen-bond donors (Lipinski definition) is 0. The van der Waals surface area contributed by atoms with Gasteiger partial charge in [0.25, 0.3) is 0 Å². The van der Waals surface area contributed by atoms with E-state index in [1.54, 1.807) is 13.1 Å². The van der Waals surface area contributed by atoms with Crippen molar-refractivity contribution >= 4 is 41.3 Å². The van der Waals surface area contributed by atoms with E-state index in [-0.39, 0.29) is 17.1 Å². The van der Waals surface area contributed by atoms with Crippen LogP contribution >= 0.6 is 23.1 Å². The van der Waals surface area contributed by atoms with Gasteiger partial charge in [0.05, 0.1) is 20.8 Å². The van der Waals surface area contributed by atoms with Crippen LogP contribution in [0.2, 0.25) is 0 Å². The van der Waals surface area contributed by atoms with E-state index in [2.05, 4.69) is 4.99 Å². The summed E-state index contributed by atoms with van der Waals surface area (Å²) in [6.45, 7) is 4.14. The second kappa shape index (κ2) is 9.05. The lowest BCUT2D eigenvalue weighted by Gasteiger charge is -2.18. The van der Waals surface area contributed by atoms with Crippen molar-refractivity contribution in [1.29, 1.82) is 0 Å². The molecular weight excluding hydrogens is 362 g/mol. The van der Waals surface area contributed by atoms with E-state index in [1.807, 2.05) is 13.0 Å².